The van der Waals surface area contributed by atoms with Crippen LogP contribution in [0.5, 0.6) is 0 Å². The Hall–Kier alpha value is -0.710. The van der Waals surface area contributed by atoms with Crippen molar-refractivity contribution in [1.29, 1.82) is 0 Å². The van der Waals surface area contributed by atoms with Crippen molar-refractivity contribution in [2.24, 2.45) is 11.5 Å². The van der Waals surface area contributed by atoms with E-state index < -0.39 is 4.75 Å². The molecule has 4 N–H and O–H groups in total. The van der Waals surface area contributed by atoms with Crippen LogP contribution in [0.1, 0.15) is 52.9 Å². The molecule has 5 heteroatoms. The molecule has 0 aliphatic rings. The minimum atomic E-state index is -0.647. The molecule has 4 nitrogen and oxygen atoms in total. The van der Waals surface area contributed by atoms with Gasteiger partial charge in [0.05, 0.1) is 10.00 Å². The van der Waals surface area contributed by atoms with Gasteiger partial charge in [0.1, 0.15) is 0 Å². The Morgan fingerprint density at radius 1 is 1.24 bits per heavy atom. The summed E-state index contributed by atoms with van der Waals surface area (Å²) in [6.07, 6.45) is 3.91. The summed E-state index contributed by atoms with van der Waals surface area (Å²) in [5, 5.41) is -0.334. The first-order chi connectivity index (χ1) is 7.93. The molecule has 0 rings (SSSR count). The van der Waals surface area contributed by atoms with Crippen LogP contribution in [-0.4, -0.2) is 21.8 Å². The van der Waals surface area contributed by atoms with Crippen molar-refractivity contribution in [1.82, 2.24) is 0 Å². The molecule has 0 heterocycles. The lowest BCUT2D eigenvalue weighted by Crippen LogP contribution is -2.43. The van der Waals surface area contributed by atoms with E-state index in [1.165, 1.54) is 11.8 Å². The van der Waals surface area contributed by atoms with Crippen molar-refractivity contribution in [3.8, 4) is 0 Å². The topological polar surface area (TPSA) is 86.2 Å². The maximum Gasteiger partial charge on any atom is 0.233 e. The zero-order valence-corrected chi connectivity index (χ0v) is 11.8. The number of carbonyl (C=O) groups is 2. The second-order valence-electron chi connectivity index (χ2n) is 4.23. The molecule has 0 spiro atoms. The van der Waals surface area contributed by atoms with E-state index in [1.807, 2.05) is 13.8 Å². The molecule has 100 valence electrons. The molecule has 0 unspecified atom stereocenters. The second kappa shape index (κ2) is 7.58. The maximum absolute atomic E-state index is 11.7. The van der Waals surface area contributed by atoms with Crippen molar-refractivity contribution in [2.75, 3.05) is 0 Å². The molecule has 0 aromatic heterocycles. The minimum Gasteiger partial charge on any atom is -0.369 e. The molecule has 0 aromatic rings. The Bertz CT molecular complexity index is 271. The summed E-state index contributed by atoms with van der Waals surface area (Å²) in [6.45, 7) is 5.89. The van der Waals surface area contributed by atoms with E-state index in [0.29, 0.717) is 19.3 Å². The third-order valence-corrected chi connectivity index (χ3v) is 5.01. The van der Waals surface area contributed by atoms with Gasteiger partial charge in [-0.15, -0.1) is 11.8 Å². The highest BCUT2D eigenvalue weighted by Gasteiger charge is 2.38. The number of unbranched alkanes of at least 4 members (excludes halogenated alkanes) is 1. The fraction of sp³-hybridized carbons (Fsp3) is 0.833. The van der Waals surface area contributed by atoms with Gasteiger partial charge in [0.25, 0.3) is 0 Å². The molecule has 0 saturated heterocycles. The lowest BCUT2D eigenvalue weighted by atomic mass is 9.97. The molecule has 0 aliphatic heterocycles. The summed E-state index contributed by atoms with van der Waals surface area (Å²) < 4.78 is -0.647. The zero-order chi connectivity index (χ0) is 13.5. The summed E-state index contributed by atoms with van der Waals surface area (Å²) >= 11 is 1.34. The van der Waals surface area contributed by atoms with Crippen LogP contribution in [0.2, 0.25) is 0 Å². The highest BCUT2D eigenvalue weighted by atomic mass is 32.2. The van der Waals surface area contributed by atoms with Gasteiger partial charge >= 0.3 is 0 Å². The molecule has 0 fully saturated rings. The summed E-state index contributed by atoms with van der Waals surface area (Å²) in [7, 11) is 0. The van der Waals surface area contributed by atoms with Gasteiger partial charge in [0.15, 0.2) is 0 Å². The van der Waals surface area contributed by atoms with Crippen LogP contribution < -0.4 is 11.5 Å². The van der Waals surface area contributed by atoms with Gasteiger partial charge in [-0.25, -0.2) is 0 Å². The van der Waals surface area contributed by atoms with Crippen molar-refractivity contribution >= 4 is 23.6 Å². The van der Waals surface area contributed by atoms with Crippen molar-refractivity contribution in [2.45, 2.75) is 62.9 Å². The predicted molar refractivity (Wildman–Crippen MR) is 72.6 cm³/mol. The lowest BCUT2D eigenvalue weighted by Gasteiger charge is -2.31. The van der Waals surface area contributed by atoms with Crippen molar-refractivity contribution in [3.63, 3.8) is 0 Å². The molecule has 0 aromatic carbocycles. The monoisotopic (exact) mass is 260 g/mol. The molecule has 0 aliphatic carbocycles. The third-order valence-electron chi connectivity index (χ3n) is 3.01. The number of amides is 2. The van der Waals surface area contributed by atoms with E-state index in [0.717, 1.165) is 12.8 Å². The second-order valence-corrected chi connectivity index (χ2v) is 5.82. The van der Waals surface area contributed by atoms with Gasteiger partial charge < -0.3 is 11.5 Å². The number of primary amides is 2. The Morgan fingerprint density at radius 3 is 2.12 bits per heavy atom. The number of rotatable bonds is 9. The van der Waals surface area contributed by atoms with E-state index in [4.69, 9.17) is 11.5 Å². The van der Waals surface area contributed by atoms with E-state index >= 15 is 0 Å². The SMILES string of the molecule is CCCC[C@](CC)(S[C@H](CC)C(N)=O)C(N)=O. The third kappa shape index (κ3) is 4.58. The maximum atomic E-state index is 11.7. The Kier molecular flexibility index (Phi) is 7.27. The van der Waals surface area contributed by atoms with Gasteiger partial charge in [-0.1, -0.05) is 33.6 Å². The standard InChI is InChI=1S/C12H24N2O2S/c1-4-7-8-12(6-3,11(14)16)17-9(5-2)10(13)15/h9H,4-8H2,1-3H3,(H2,13,15)(H2,14,16)/t9-,12+/m1/s1. The van der Waals surface area contributed by atoms with E-state index in [2.05, 4.69) is 6.92 Å². The predicted octanol–water partition coefficient (Wildman–Crippen LogP) is 1.81. The lowest BCUT2D eigenvalue weighted by molar-refractivity contribution is -0.120. The van der Waals surface area contributed by atoms with Crippen LogP contribution in [0.25, 0.3) is 0 Å². The van der Waals surface area contributed by atoms with E-state index in [1.54, 1.807) is 0 Å². The van der Waals surface area contributed by atoms with Crippen molar-refractivity contribution in [3.05, 3.63) is 0 Å². The highest BCUT2D eigenvalue weighted by Crippen LogP contribution is 2.38. The zero-order valence-electron chi connectivity index (χ0n) is 11.0. The Morgan fingerprint density at radius 2 is 1.82 bits per heavy atom. The highest BCUT2D eigenvalue weighted by molar-refractivity contribution is 8.02. The van der Waals surface area contributed by atoms with Crippen molar-refractivity contribution < 1.29 is 9.59 Å². The number of nitrogens with two attached hydrogens (primary N) is 2. The molecule has 0 bridgehead atoms. The molecule has 0 radical (unpaired) electrons. The molecule has 2 atom stereocenters. The average Bonchev–Trinajstić information content (AvgIpc) is 2.29. The molecular formula is C12H24N2O2S. The normalized spacial score (nSPS) is 16.2. The minimum absolute atomic E-state index is 0.334. The Balaban J connectivity index is 4.89. The first-order valence-electron chi connectivity index (χ1n) is 6.20. The van der Waals surface area contributed by atoms with E-state index in [9.17, 15) is 9.59 Å². The molecular weight excluding hydrogens is 236 g/mol. The van der Waals surface area contributed by atoms with Crippen LogP contribution in [0.3, 0.4) is 0 Å². The van der Waals surface area contributed by atoms with Gasteiger partial charge in [-0.05, 0) is 19.3 Å². The fourth-order valence-electron chi connectivity index (χ4n) is 1.75. The summed E-state index contributed by atoms with van der Waals surface area (Å²) in [6, 6.07) is 0. The number of hydrogen-bond acceptors (Lipinski definition) is 3. The first kappa shape index (κ1) is 16.3. The summed E-state index contributed by atoms with van der Waals surface area (Å²) in [5.41, 5.74) is 10.8. The van der Waals surface area contributed by atoms with Crippen LogP contribution in [0.4, 0.5) is 0 Å². The van der Waals surface area contributed by atoms with Gasteiger partial charge in [0.2, 0.25) is 11.8 Å². The summed E-state index contributed by atoms with van der Waals surface area (Å²) in [4.78, 5) is 23.0. The smallest absolute Gasteiger partial charge is 0.233 e. The Labute approximate surface area is 108 Å². The van der Waals surface area contributed by atoms with Gasteiger partial charge in [0, 0.05) is 0 Å². The van der Waals surface area contributed by atoms with Crippen LogP contribution in [0, 0.1) is 0 Å². The molecule has 17 heavy (non-hydrogen) atoms. The summed E-state index contributed by atoms with van der Waals surface area (Å²) in [5.74, 6) is -0.703. The number of carbonyl (C=O) groups excluding carboxylic acids is 2. The van der Waals surface area contributed by atoms with Gasteiger partial charge in [-0.3, -0.25) is 9.59 Å². The number of thioether (sulfide) groups is 1. The van der Waals surface area contributed by atoms with Gasteiger partial charge in [-0.2, -0.15) is 0 Å². The first-order valence-corrected chi connectivity index (χ1v) is 7.08. The van der Waals surface area contributed by atoms with E-state index in [-0.39, 0.29) is 17.1 Å². The van der Waals surface area contributed by atoms with Crippen LogP contribution in [0.15, 0.2) is 0 Å². The molecule has 2 amide bonds. The fourth-order valence-corrected chi connectivity index (χ4v) is 3.12. The largest absolute Gasteiger partial charge is 0.369 e. The van der Waals surface area contributed by atoms with Crippen LogP contribution >= 0.6 is 11.8 Å². The molecule has 0 saturated carbocycles. The quantitative estimate of drug-likeness (QED) is 0.663. The number of hydrogen-bond donors (Lipinski definition) is 2. The van der Waals surface area contributed by atoms with Crippen LogP contribution in [-0.2, 0) is 9.59 Å². The average molecular weight is 260 g/mol.